The first kappa shape index (κ1) is 12.1. The summed E-state index contributed by atoms with van der Waals surface area (Å²) < 4.78 is 0. The second-order valence-corrected chi connectivity index (χ2v) is 3.43. The standard InChI is InChI=1S/C11H14N4O/c1-2-15(8-11(13)16)7-9-3-4-14-10(5-9)6-12/h3-5H,2,7-8H2,1H3,(H2,13,16). The molecule has 0 saturated carbocycles. The van der Waals surface area contributed by atoms with Crippen LogP contribution in [0.1, 0.15) is 18.2 Å². The van der Waals surface area contributed by atoms with Crippen LogP contribution in [0.4, 0.5) is 0 Å². The highest BCUT2D eigenvalue weighted by Gasteiger charge is 2.07. The van der Waals surface area contributed by atoms with Crippen molar-refractivity contribution < 1.29 is 4.79 Å². The van der Waals surface area contributed by atoms with Crippen molar-refractivity contribution in [2.45, 2.75) is 13.5 Å². The maximum Gasteiger partial charge on any atom is 0.231 e. The normalized spacial score (nSPS) is 10.1. The topological polar surface area (TPSA) is 83.0 Å². The van der Waals surface area contributed by atoms with Gasteiger partial charge >= 0.3 is 0 Å². The highest BCUT2D eigenvalue weighted by atomic mass is 16.1. The van der Waals surface area contributed by atoms with Gasteiger partial charge in [-0.05, 0) is 24.2 Å². The molecule has 0 aliphatic heterocycles. The molecule has 2 N–H and O–H groups in total. The van der Waals surface area contributed by atoms with E-state index in [1.807, 2.05) is 24.0 Å². The number of carbonyl (C=O) groups is 1. The Hall–Kier alpha value is -1.93. The zero-order chi connectivity index (χ0) is 12.0. The van der Waals surface area contributed by atoms with Gasteiger partial charge in [0.15, 0.2) is 0 Å². The summed E-state index contributed by atoms with van der Waals surface area (Å²) in [6, 6.07) is 5.51. The predicted octanol–water partition coefficient (Wildman–Crippen LogP) is 0.260. The largest absolute Gasteiger partial charge is 0.369 e. The Morgan fingerprint density at radius 2 is 2.44 bits per heavy atom. The smallest absolute Gasteiger partial charge is 0.231 e. The van der Waals surface area contributed by atoms with Crippen LogP contribution in [-0.2, 0) is 11.3 Å². The van der Waals surface area contributed by atoms with Crippen molar-refractivity contribution >= 4 is 5.91 Å². The maximum absolute atomic E-state index is 10.8. The van der Waals surface area contributed by atoms with Gasteiger partial charge in [0.05, 0.1) is 6.54 Å². The third-order valence-electron chi connectivity index (χ3n) is 2.17. The fourth-order valence-corrected chi connectivity index (χ4v) is 1.39. The Bertz CT molecular complexity index is 411. The van der Waals surface area contributed by atoms with E-state index in [0.717, 1.165) is 12.1 Å². The van der Waals surface area contributed by atoms with E-state index in [1.165, 1.54) is 0 Å². The number of nitrogens with two attached hydrogens (primary N) is 1. The molecule has 0 aliphatic carbocycles. The minimum absolute atomic E-state index is 0.223. The van der Waals surface area contributed by atoms with Gasteiger partial charge in [-0.2, -0.15) is 5.26 Å². The Morgan fingerprint density at radius 3 is 3.00 bits per heavy atom. The molecule has 5 heteroatoms. The van der Waals surface area contributed by atoms with Crippen molar-refractivity contribution in [2.24, 2.45) is 5.73 Å². The van der Waals surface area contributed by atoms with Gasteiger partial charge < -0.3 is 5.73 Å². The van der Waals surface area contributed by atoms with Gasteiger partial charge in [0.25, 0.3) is 0 Å². The van der Waals surface area contributed by atoms with Crippen molar-refractivity contribution in [1.82, 2.24) is 9.88 Å². The van der Waals surface area contributed by atoms with Crippen molar-refractivity contribution in [3.63, 3.8) is 0 Å². The van der Waals surface area contributed by atoms with Crippen LogP contribution in [0.25, 0.3) is 0 Å². The van der Waals surface area contributed by atoms with E-state index < -0.39 is 0 Å². The highest BCUT2D eigenvalue weighted by molar-refractivity contribution is 5.75. The number of nitriles is 1. The Balaban J connectivity index is 2.70. The first-order chi connectivity index (χ1) is 7.65. The molecule has 0 radical (unpaired) electrons. The summed E-state index contributed by atoms with van der Waals surface area (Å²) in [7, 11) is 0. The molecule has 0 atom stereocenters. The minimum Gasteiger partial charge on any atom is -0.369 e. The average Bonchev–Trinajstić information content (AvgIpc) is 2.28. The van der Waals surface area contributed by atoms with E-state index in [4.69, 9.17) is 11.0 Å². The number of rotatable bonds is 5. The van der Waals surface area contributed by atoms with Crippen molar-refractivity contribution in [3.05, 3.63) is 29.6 Å². The number of carbonyl (C=O) groups excluding carboxylic acids is 1. The van der Waals surface area contributed by atoms with E-state index in [2.05, 4.69) is 4.98 Å². The van der Waals surface area contributed by atoms with Crippen LogP contribution in [0.15, 0.2) is 18.3 Å². The zero-order valence-electron chi connectivity index (χ0n) is 9.18. The molecule has 1 aromatic heterocycles. The third-order valence-corrected chi connectivity index (χ3v) is 2.17. The molecular formula is C11H14N4O. The number of hydrogen-bond acceptors (Lipinski definition) is 4. The molecule has 0 aliphatic rings. The van der Waals surface area contributed by atoms with Crippen molar-refractivity contribution in [3.8, 4) is 6.07 Å². The minimum atomic E-state index is -0.351. The fourth-order valence-electron chi connectivity index (χ4n) is 1.39. The molecule has 0 unspecified atom stereocenters. The number of likely N-dealkylation sites (N-methyl/N-ethyl adjacent to an activating group) is 1. The molecule has 0 saturated heterocycles. The maximum atomic E-state index is 10.8. The molecule has 5 nitrogen and oxygen atoms in total. The molecule has 1 rings (SSSR count). The first-order valence-corrected chi connectivity index (χ1v) is 5.01. The monoisotopic (exact) mass is 218 g/mol. The lowest BCUT2D eigenvalue weighted by Gasteiger charge is -2.18. The summed E-state index contributed by atoms with van der Waals surface area (Å²) in [5.41, 5.74) is 6.47. The van der Waals surface area contributed by atoms with E-state index in [1.54, 1.807) is 12.3 Å². The molecule has 84 valence electrons. The van der Waals surface area contributed by atoms with Crippen LogP contribution < -0.4 is 5.73 Å². The summed E-state index contributed by atoms with van der Waals surface area (Å²) in [5.74, 6) is -0.351. The Morgan fingerprint density at radius 1 is 1.69 bits per heavy atom. The lowest BCUT2D eigenvalue weighted by Crippen LogP contribution is -2.33. The van der Waals surface area contributed by atoms with Gasteiger partial charge in [-0.3, -0.25) is 9.69 Å². The van der Waals surface area contributed by atoms with Crippen molar-refractivity contribution in [1.29, 1.82) is 5.26 Å². The van der Waals surface area contributed by atoms with E-state index in [9.17, 15) is 4.79 Å². The van der Waals surface area contributed by atoms with Crippen LogP contribution >= 0.6 is 0 Å². The van der Waals surface area contributed by atoms with Gasteiger partial charge in [-0.25, -0.2) is 4.98 Å². The quantitative estimate of drug-likeness (QED) is 0.768. The summed E-state index contributed by atoms with van der Waals surface area (Å²) >= 11 is 0. The second kappa shape index (κ2) is 5.83. The average molecular weight is 218 g/mol. The predicted molar refractivity (Wildman–Crippen MR) is 59.1 cm³/mol. The molecule has 16 heavy (non-hydrogen) atoms. The molecule has 1 amide bonds. The fraction of sp³-hybridized carbons (Fsp3) is 0.364. The van der Waals surface area contributed by atoms with Gasteiger partial charge in [0.1, 0.15) is 11.8 Å². The number of aromatic nitrogens is 1. The lowest BCUT2D eigenvalue weighted by atomic mass is 10.2. The van der Waals surface area contributed by atoms with Crippen LogP contribution in [0.3, 0.4) is 0 Å². The third kappa shape index (κ3) is 3.67. The van der Waals surface area contributed by atoms with Crippen LogP contribution in [0.5, 0.6) is 0 Å². The summed E-state index contributed by atoms with van der Waals surface area (Å²) in [6.07, 6.45) is 1.59. The molecule has 1 aromatic rings. The van der Waals surface area contributed by atoms with Gasteiger partial charge in [0.2, 0.25) is 5.91 Å². The first-order valence-electron chi connectivity index (χ1n) is 5.01. The highest BCUT2D eigenvalue weighted by Crippen LogP contribution is 2.05. The van der Waals surface area contributed by atoms with E-state index in [-0.39, 0.29) is 12.5 Å². The van der Waals surface area contributed by atoms with Gasteiger partial charge in [0, 0.05) is 12.7 Å². The summed E-state index contributed by atoms with van der Waals surface area (Å²) in [6.45, 7) is 3.50. The van der Waals surface area contributed by atoms with E-state index >= 15 is 0 Å². The van der Waals surface area contributed by atoms with Crippen molar-refractivity contribution in [2.75, 3.05) is 13.1 Å². The van der Waals surface area contributed by atoms with Gasteiger partial charge in [-0.1, -0.05) is 6.92 Å². The zero-order valence-corrected chi connectivity index (χ0v) is 9.18. The molecule has 0 fully saturated rings. The van der Waals surface area contributed by atoms with Crippen LogP contribution in [0, 0.1) is 11.3 Å². The number of nitrogens with zero attached hydrogens (tertiary/aromatic N) is 3. The number of amides is 1. The Kier molecular flexibility index (Phi) is 4.42. The second-order valence-electron chi connectivity index (χ2n) is 3.43. The van der Waals surface area contributed by atoms with Gasteiger partial charge in [-0.15, -0.1) is 0 Å². The number of primary amides is 1. The molecule has 0 bridgehead atoms. The number of hydrogen-bond donors (Lipinski definition) is 1. The van der Waals surface area contributed by atoms with Crippen LogP contribution in [-0.4, -0.2) is 28.9 Å². The van der Waals surface area contributed by atoms with Crippen LogP contribution in [0.2, 0.25) is 0 Å². The Labute approximate surface area is 94.5 Å². The van der Waals surface area contributed by atoms with E-state index in [0.29, 0.717) is 12.2 Å². The molecule has 1 heterocycles. The number of pyridine rings is 1. The lowest BCUT2D eigenvalue weighted by molar-refractivity contribution is -0.119. The summed E-state index contributed by atoms with van der Waals surface area (Å²) in [5, 5.41) is 8.70. The molecule has 0 aromatic carbocycles. The molecule has 0 spiro atoms. The molecular weight excluding hydrogens is 204 g/mol. The summed E-state index contributed by atoms with van der Waals surface area (Å²) in [4.78, 5) is 16.6. The SMILES string of the molecule is CCN(CC(N)=O)Cc1ccnc(C#N)c1.